The van der Waals surface area contributed by atoms with Crippen LogP contribution in [0.25, 0.3) is 5.76 Å². The Morgan fingerprint density at radius 2 is 1.81 bits per heavy atom. The van der Waals surface area contributed by atoms with Crippen LogP contribution < -0.4 is 5.32 Å². The first kappa shape index (κ1) is 16.7. The van der Waals surface area contributed by atoms with Gasteiger partial charge < -0.3 is 15.2 Å². The minimum absolute atomic E-state index is 0.00272. The number of carbonyl (C=O) groups is 3. The highest BCUT2D eigenvalue weighted by molar-refractivity contribution is 6.49. The number of carbonyl (C=O) groups excluding carboxylic acids is 3. The van der Waals surface area contributed by atoms with Crippen molar-refractivity contribution < 1.29 is 24.2 Å². The summed E-state index contributed by atoms with van der Waals surface area (Å²) < 4.78 is 4.70. The van der Waals surface area contributed by atoms with Crippen molar-refractivity contribution in [3.63, 3.8) is 0 Å². The molecule has 0 unspecified atom stereocenters. The molecule has 1 aromatic carbocycles. The lowest BCUT2D eigenvalue weighted by Gasteiger charge is -2.09. The summed E-state index contributed by atoms with van der Waals surface area (Å²) in [4.78, 5) is 35.2. The van der Waals surface area contributed by atoms with Crippen molar-refractivity contribution in [3.8, 4) is 0 Å². The molecule has 0 saturated heterocycles. The van der Waals surface area contributed by atoms with Crippen LogP contribution in [0.2, 0.25) is 5.02 Å². The van der Waals surface area contributed by atoms with E-state index in [4.69, 9.17) is 16.3 Å². The van der Waals surface area contributed by atoms with Gasteiger partial charge in [0.2, 0.25) is 0 Å². The van der Waals surface area contributed by atoms with Crippen LogP contribution in [0, 0.1) is 0 Å². The summed E-state index contributed by atoms with van der Waals surface area (Å²) in [5.41, 5.74) is -0.557. The van der Waals surface area contributed by atoms with Crippen molar-refractivity contribution in [1.29, 1.82) is 0 Å². The first-order chi connectivity index (χ1) is 9.92. The van der Waals surface area contributed by atoms with E-state index < -0.39 is 29.0 Å². The van der Waals surface area contributed by atoms with Gasteiger partial charge in [0.15, 0.2) is 5.57 Å². The quantitative estimate of drug-likeness (QED) is 0.215. The van der Waals surface area contributed by atoms with Crippen molar-refractivity contribution >= 4 is 35.0 Å². The molecule has 0 aromatic heterocycles. The first-order valence-corrected chi connectivity index (χ1v) is 6.42. The molecular weight excluding hydrogens is 298 g/mol. The van der Waals surface area contributed by atoms with E-state index in [1.807, 2.05) is 0 Å². The number of hydrogen-bond acceptors (Lipinski definition) is 5. The van der Waals surface area contributed by atoms with Gasteiger partial charge in [-0.15, -0.1) is 0 Å². The fourth-order valence-electron chi connectivity index (χ4n) is 1.48. The maximum Gasteiger partial charge on any atom is 0.346 e. The second kappa shape index (κ2) is 7.44. The van der Waals surface area contributed by atoms with E-state index in [2.05, 4.69) is 5.32 Å². The van der Waals surface area contributed by atoms with Crippen molar-refractivity contribution in [2.45, 2.75) is 6.92 Å². The Morgan fingerprint density at radius 3 is 2.29 bits per heavy atom. The van der Waals surface area contributed by atoms with E-state index in [-0.39, 0.29) is 12.2 Å². The van der Waals surface area contributed by atoms with Crippen LogP contribution in [-0.4, -0.2) is 36.4 Å². The number of amides is 1. The van der Waals surface area contributed by atoms with Crippen molar-refractivity contribution in [2.75, 3.05) is 13.7 Å². The zero-order valence-corrected chi connectivity index (χ0v) is 12.2. The largest absolute Gasteiger partial charge is 0.506 e. The van der Waals surface area contributed by atoms with Gasteiger partial charge in [-0.1, -0.05) is 11.6 Å². The molecule has 112 valence electrons. The molecule has 0 radical (unpaired) electrons. The maximum atomic E-state index is 11.9. The lowest BCUT2D eigenvalue weighted by molar-refractivity contribution is -0.143. The molecule has 0 bridgehead atoms. The van der Waals surface area contributed by atoms with Gasteiger partial charge in [0.05, 0.1) is 6.61 Å². The third-order valence-corrected chi connectivity index (χ3v) is 2.75. The molecular formula is C14H14ClNO5. The Morgan fingerprint density at radius 1 is 1.24 bits per heavy atom. The molecule has 0 saturated carbocycles. The summed E-state index contributed by atoms with van der Waals surface area (Å²) in [6.07, 6.45) is 0. The van der Waals surface area contributed by atoms with E-state index in [1.165, 1.54) is 31.3 Å². The van der Waals surface area contributed by atoms with Crippen LogP contribution in [0.5, 0.6) is 0 Å². The number of aliphatic hydroxyl groups excluding tert-OH is 1. The lowest BCUT2D eigenvalue weighted by Crippen LogP contribution is -2.32. The zero-order valence-electron chi connectivity index (χ0n) is 11.5. The average molecular weight is 312 g/mol. The molecule has 21 heavy (non-hydrogen) atoms. The van der Waals surface area contributed by atoms with Gasteiger partial charge in [0.25, 0.3) is 11.7 Å². The van der Waals surface area contributed by atoms with Gasteiger partial charge >= 0.3 is 5.97 Å². The molecule has 1 rings (SSSR count). The van der Waals surface area contributed by atoms with Crippen molar-refractivity contribution in [3.05, 3.63) is 40.4 Å². The SMILES string of the molecule is CCOC(=O)C(C(=O)C(=O)NC)=C(O)c1ccc(Cl)cc1. The number of halogens is 1. The molecule has 0 aliphatic carbocycles. The van der Waals surface area contributed by atoms with Crippen LogP contribution in [0.4, 0.5) is 0 Å². The molecule has 1 aromatic rings. The molecule has 0 atom stereocenters. The zero-order chi connectivity index (χ0) is 16.0. The van der Waals surface area contributed by atoms with Gasteiger partial charge in [0, 0.05) is 17.6 Å². The van der Waals surface area contributed by atoms with Crippen LogP contribution >= 0.6 is 11.6 Å². The minimum atomic E-state index is -1.18. The third kappa shape index (κ3) is 4.06. The lowest BCUT2D eigenvalue weighted by atomic mass is 10.0. The molecule has 0 aliphatic heterocycles. The van der Waals surface area contributed by atoms with E-state index >= 15 is 0 Å². The average Bonchev–Trinajstić information content (AvgIpc) is 2.47. The number of nitrogens with one attached hydrogen (secondary N) is 1. The Kier molecular flexibility index (Phi) is 5.92. The minimum Gasteiger partial charge on any atom is -0.506 e. The smallest absolute Gasteiger partial charge is 0.346 e. The first-order valence-electron chi connectivity index (χ1n) is 6.05. The maximum absolute atomic E-state index is 11.9. The normalized spacial score (nSPS) is 11.4. The highest BCUT2D eigenvalue weighted by Gasteiger charge is 2.30. The van der Waals surface area contributed by atoms with E-state index in [9.17, 15) is 19.5 Å². The number of hydrogen-bond donors (Lipinski definition) is 2. The molecule has 2 N–H and O–H groups in total. The summed E-state index contributed by atoms with van der Waals surface area (Å²) in [5, 5.41) is 12.6. The molecule has 0 heterocycles. The van der Waals surface area contributed by atoms with Gasteiger partial charge in [-0.3, -0.25) is 9.59 Å². The van der Waals surface area contributed by atoms with E-state index in [1.54, 1.807) is 6.92 Å². The van der Waals surface area contributed by atoms with Crippen LogP contribution in [0.1, 0.15) is 12.5 Å². The summed E-state index contributed by atoms with van der Waals surface area (Å²) in [5.74, 6) is -3.92. The van der Waals surface area contributed by atoms with E-state index in [0.717, 1.165) is 0 Å². The summed E-state index contributed by atoms with van der Waals surface area (Å²) in [7, 11) is 1.24. The summed E-state index contributed by atoms with van der Waals surface area (Å²) in [6.45, 7) is 1.54. The summed E-state index contributed by atoms with van der Waals surface area (Å²) in [6, 6.07) is 5.77. The fourth-order valence-corrected chi connectivity index (χ4v) is 1.61. The number of esters is 1. The topological polar surface area (TPSA) is 92.7 Å². The number of aliphatic hydroxyl groups is 1. The highest BCUT2D eigenvalue weighted by atomic mass is 35.5. The number of ether oxygens (including phenoxy) is 1. The van der Waals surface area contributed by atoms with Gasteiger partial charge in [-0.05, 0) is 31.2 Å². The number of benzene rings is 1. The molecule has 0 fully saturated rings. The standard InChI is InChI=1S/C14H14ClNO5/c1-3-21-14(20)10(12(18)13(19)16-2)11(17)8-4-6-9(15)7-5-8/h4-7,17H,3H2,1-2H3,(H,16,19). The predicted molar refractivity (Wildman–Crippen MR) is 76.7 cm³/mol. The summed E-state index contributed by atoms with van der Waals surface area (Å²) >= 11 is 5.72. The molecule has 0 spiro atoms. The monoisotopic (exact) mass is 311 g/mol. The molecule has 0 aliphatic rings. The number of Topliss-reactive ketones (excluding diaryl/α,β-unsaturated/α-hetero) is 1. The number of rotatable bonds is 5. The van der Waals surface area contributed by atoms with Crippen molar-refractivity contribution in [1.82, 2.24) is 5.32 Å². The van der Waals surface area contributed by atoms with Gasteiger partial charge in [-0.2, -0.15) is 0 Å². The predicted octanol–water partition coefficient (Wildman–Crippen LogP) is 1.49. The Hall–Kier alpha value is -2.34. The molecule has 6 nitrogen and oxygen atoms in total. The van der Waals surface area contributed by atoms with Crippen LogP contribution in [0.3, 0.4) is 0 Å². The Balaban J connectivity index is 3.36. The number of likely N-dealkylation sites (N-methyl/N-ethyl adjacent to an activating group) is 1. The molecule has 1 amide bonds. The Bertz CT molecular complexity index is 592. The van der Waals surface area contributed by atoms with Crippen LogP contribution in [-0.2, 0) is 19.1 Å². The number of ketones is 1. The van der Waals surface area contributed by atoms with Crippen LogP contribution in [0.15, 0.2) is 29.8 Å². The highest BCUT2D eigenvalue weighted by Crippen LogP contribution is 2.20. The van der Waals surface area contributed by atoms with E-state index in [0.29, 0.717) is 5.02 Å². The second-order valence-corrected chi connectivity index (χ2v) is 4.30. The third-order valence-electron chi connectivity index (χ3n) is 2.49. The van der Waals surface area contributed by atoms with Gasteiger partial charge in [-0.25, -0.2) is 4.79 Å². The van der Waals surface area contributed by atoms with Crippen molar-refractivity contribution in [2.24, 2.45) is 0 Å². The Labute approximate surface area is 126 Å². The second-order valence-electron chi connectivity index (χ2n) is 3.86. The van der Waals surface area contributed by atoms with Gasteiger partial charge in [0.1, 0.15) is 5.76 Å². The molecule has 7 heteroatoms. The fraction of sp³-hybridized carbons (Fsp3) is 0.214.